The number of hydrogen-bond donors (Lipinski definition) is 0. The monoisotopic (exact) mass is 584 g/mol. The first-order valence-corrected chi connectivity index (χ1v) is 13.2. The Morgan fingerprint density at radius 2 is 1.51 bits per heavy atom. The van der Waals surface area contributed by atoms with E-state index in [4.69, 9.17) is 16.4 Å². The Kier molecular flexibility index (Phi) is 7.99. The van der Waals surface area contributed by atoms with E-state index >= 15 is 0 Å². The minimum Gasteiger partial charge on any atom is -0.320 e. The SMILES string of the molecule is O=C(c1ccc(Cl)cc1)N1CC(=O)[N+](Cc2ccc(CN3CC=CC3)cc2)(OC(=O)C(F)(F)F)c2ccccc2C1. The molecule has 0 bridgehead atoms. The summed E-state index contributed by atoms with van der Waals surface area (Å²) in [6, 6.07) is 19.4. The summed E-state index contributed by atoms with van der Waals surface area (Å²) in [5.41, 5.74) is 2.13. The van der Waals surface area contributed by atoms with Gasteiger partial charge < -0.3 is 4.90 Å². The number of rotatable bonds is 6. The standard InChI is InChI=1S/C30H26ClF3N3O4/c31-25-13-11-23(12-14-25)28(39)36-18-24-5-1-2-6-26(24)37(27(38)19-36,41-29(40)30(32,33)34)20-22-9-7-21(8-10-22)17-35-15-3-4-16-35/h1-14H,15-20H2/q+1. The van der Waals surface area contributed by atoms with Gasteiger partial charge in [0.1, 0.15) is 6.54 Å². The minimum absolute atomic E-state index is 0.0497. The Morgan fingerprint density at radius 1 is 0.878 bits per heavy atom. The third-order valence-electron chi connectivity index (χ3n) is 7.05. The Bertz CT molecular complexity index is 1480. The summed E-state index contributed by atoms with van der Waals surface area (Å²) < 4.78 is 39.2. The van der Waals surface area contributed by atoms with Gasteiger partial charge in [-0.2, -0.15) is 13.2 Å². The van der Waals surface area contributed by atoms with Crippen molar-refractivity contribution >= 4 is 35.1 Å². The normalized spacial score (nSPS) is 19.1. The molecule has 0 spiro atoms. The number of hydroxylamine groups is 2. The van der Waals surface area contributed by atoms with Crippen LogP contribution in [0.15, 0.2) is 84.9 Å². The van der Waals surface area contributed by atoms with Crippen molar-refractivity contribution in [3.05, 3.63) is 112 Å². The fourth-order valence-electron chi connectivity index (χ4n) is 5.00. The lowest BCUT2D eigenvalue weighted by molar-refractivity contribution is -0.235. The zero-order valence-electron chi connectivity index (χ0n) is 21.8. The molecule has 0 saturated carbocycles. The van der Waals surface area contributed by atoms with Gasteiger partial charge in [0.25, 0.3) is 5.91 Å². The molecule has 1 atom stereocenters. The highest BCUT2D eigenvalue weighted by Gasteiger charge is 2.55. The van der Waals surface area contributed by atoms with Gasteiger partial charge in [-0.05, 0) is 34.5 Å². The molecule has 212 valence electrons. The van der Waals surface area contributed by atoms with Crippen molar-refractivity contribution in [2.45, 2.75) is 25.8 Å². The molecule has 7 nitrogen and oxygen atoms in total. The van der Waals surface area contributed by atoms with Crippen LogP contribution >= 0.6 is 11.6 Å². The molecule has 3 aromatic carbocycles. The molecular weight excluding hydrogens is 559 g/mol. The van der Waals surface area contributed by atoms with Crippen LogP contribution in [-0.4, -0.2) is 53.4 Å². The summed E-state index contributed by atoms with van der Waals surface area (Å²) in [5, 5.41) is 0.414. The van der Waals surface area contributed by atoms with E-state index in [0.29, 0.717) is 22.7 Å². The minimum atomic E-state index is -5.35. The number of quaternary nitrogens is 1. The number of benzene rings is 3. The van der Waals surface area contributed by atoms with E-state index in [1.54, 1.807) is 30.3 Å². The molecule has 2 heterocycles. The van der Waals surface area contributed by atoms with Crippen molar-refractivity contribution in [2.24, 2.45) is 0 Å². The zero-order chi connectivity index (χ0) is 29.2. The van der Waals surface area contributed by atoms with Gasteiger partial charge in [0.2, 0.25) is 0 Å². The van der Waals surface area contributed by atoms with Crippen LogP contribution in [0, 0.1) is 0 Å². The van der Waals surface area contributed by atoms with Crippen molar-refractivity contribution < 1.29 is 32.4 Å². The van der Waals surface area contributed by atoms with Crippen LogP contribution in [0.4, 0.5) is 18.9 Å². The molecule has 11 heteroatoms. The summed E-state index contributed by atoms with van der Waals surface area (Å²) in [4.78, 5) is 48.2. The van der Waals surface area contributed by atoms with Crippen LogP contribution in [0.2, 0.25) is 5.02 Å². The van der Waals surface area contributed by atoms with Crippen LogP contribution in [0.3, 0.4) is 0 Å². The van der Waals surface area contributed by atoms with E-state index in [9.17, 15) is 27.6 Å². The third-order valence-corrected chi connectivity index (χ3v) is 7.30. The number of alkyl halides is 3. The second-order valence-electron chi connectivity index (χ2n) is 9.95. The maximum absolute atomic E-state index is 14.0. The van der Waals surface area contributed by atoms with Crippen LogP contribution in [-0.2, 0) is 34.1 Å². The topological polar surface area (TPSA) is 66.9 Å². The molecule has 5 rings (SSSR count). The number of hydrogen-bond acceptors (Lipinski definition) is 5. The second kappa shape index (κ2) is 11.5. The highest BCUT2D eigenvalue weighted by molar-refractivity contribution is 6.30. The van der Waals surface area contributed by atoms with Crippen molar-refractivity contribution in [3.63, 3.8) is 0 Å². The number of para-hydroxylation sites is 1. The van der Waals surface area contributed by atoms with E-state index in [-0.39, 0.29) is 17.8 Å². The molecule has 2 amide bonds. The van der Waals surface area contributed by atoms with Gasteiger partial charge in [-0.3, -0.25) is 14.5 Å². The van der Waals surface area contributed by atoms with Crippen LogP contribution in [0.5, 0.6) is 0 Å². The predicted octanol–water partition coefficient (Wildman–Crippen LogP) is 5.42. The van der Waals surface area contributed by atoms with Gasteiger partial charge >= 0.3 is 18.1 Å². The average Bonchev–Trinajstić information content (AvgIpc) is 3.42. The van der Waals surface area contributed by atoms with Gasteiger partial charge in [-0.25, -0.2) is 9.59 Å². The van der Waals surface area contributed by atoms with Crippen LogP contribution in [0.25, 0.3) is 0 Å². The van der Waals surface area contributed by atoms with Crippen LogP contribution < -0.4 is 4.65 Å². The molecule has 0 aliphatic carbocycles. The van der Waals surface area contributed by atoms with Crippen molar-refractivity contribution in [1.29, 1.82) is 0 Å². The number of amides is 2. The number of halogens is 4. The summed E-state index contributed by atoms with van der Waals surface area (Å²) in [5.74, 6) is -3.92. The molecule has 2 aliphatic heterocycles. The van der Waals surface area contributed by atoms with Gasteiger partial charge in [0, 0.05) is 47.4 Å². The third kappa shape index (κ3) is 6.19. The molecule has 0 saturated heterocycles. The van der Waals surface area contributed by atoms with Crippen molar-refractivity contribution in [3.8, 4) is 0 Å². The van der Waals surface area contributed by atoms with Gasteiger partial charge in [0.05, 0.1) is 6.54 Å². The second-order valence-corrected chi connectivity index (χ2v) is 10.4. The van der Waals surface area contributed by atoms with E-state index in [0.717, 1.165) is 18.7 Å². The smallest absolute Gasteiger partial charge is 0.320 e. The summed E-state index contributed by atoms with van der Waals surface area (Å²) >= 11 is 5.94. The van der Waals surface area contributed by atoms with Crippen molar-refractivity contribution in [1.82, 2.24) is 14.4 Å². The zero-order valence-corrected chi connectivity index (χ0v) is 22.6. The van der Waals surface area contributed by atoms with E-state index in [1.165, 1.54) is 35.2 Å². The first kappa shape index (κ1) is 28.5. The number of carbonyl (C=O) groups is 3. The summed E-state index contributed by atoms with van der Waals surface area (Å²) in [6.45, 7) is 1.25. The fraction of sp³-hybridized carbons (Fsp3) is 0.233. The van der Waals surface area contributed by atoms with Crippen LogP contribution in [0.1, 0.15) is 27.0 Å². The predicted molar refractivity (Wildman–Crippen MR) is 146 cm³/mol. The Hall–Kier alpha value is -3.99. The largest absolute Gasteiger partial charge is 0.497 e. The molecule has 0 fully saturated rings. The Morgan fingerprint density at radius 3 is 2.17 bits per heavy atom. The first-order chi connectivity index (χ1) is 19.5. The number of fused-ring (bicyclic) bond motifs is 1. The Labute approximate surface area is 239 Å². The maximum Gasteiger partial charge on any atom is 0.497 e. The molecule has 3 aromatic rings. The summed E-state index contributed by atoms with van der Waals surface area (Å²) in [7, 11) is 0. The quantitative estimate of drug-likeness (QED) is 0.286. The highest BCUT2D eigenvalue weighted by atomic mass is 35.5. The molecule has 0 N–H and O–H groups in total. The molecule has 0 radical (unpaired) electrons. The summed E-state index contributed by atoms with van der Waals surface area (Å²) in [6.07, 6.45) is -1.21. The Balaban J connectivity index is 1.52. The van der Waals surface area contributed by atoms with Crippen molar-refractivity contribution in [2.75, 3.05) is 19.6 Å². The average molecular weight is 585 g/mol. The van der Waals surface area contributed by atoms with Gasteiger partial charge in [0.15, 0.2) is 12.2 Å². The lowest BCUT2D eigenvalue weighted by Gasteiger charge is -2.31. The number of nitrogens with zero attached hydrogens (tertiary/aromatic N) is 3. The molecule has 2 aliphatic rings. The highest BCUT2D eigenvalue weighted by Crippen LogP contribution is 2.37. The van der Waals surface area contributed by atoms with E-state index in [2.05, 4.69) is 17.1 Å². The molecule has 1 unspecified atom stereocenters. The van der Waals surface area contributed by atoms with E-state index in [1.807, 2.05) is 12.1 Å². The molecule has 0 aromatic heterocycles. The lowest BCUT2D eigenvalue weighted by Crippen LogP contribution is -2.58. The maximum atomic E-state index is 14.0. The first-order valence-electron chi connectivity index (χ1n) is 12.9. The lowest BCUT2D eigenvalue weighted by atomic mass is 10.1. The molecular formula is C30H26ClF3N3O4+. The van der Waals surface area contributed by atoms with Gasteiger partial charge in [-0.15, -0.1) is 0 Å². The molecule has 41 heavy (non-hydrogen) atoms. The fourth-order valence-corrected chi connectivity index (χ4v) is 5.13. The number of carbonyl (C=O) groups excluding carboxylic acids is 3. The van der Waals surface area contributed by atoms with Gasteiger partial charge in [-0.1, -0.05) is 66.2 Å². The van der Waals surface area contributed by atoms with E-state index < -0.39 is 41.7 Å².